The molecule has 34 heavy (non-hydrogen) atoms. The van der Waals surface area contributed by atoms with E-state index in [2.05, 4.69) is 43.6 Å². The predicted octanol–water partition coefficient (Wildman–Crippen LogP) is 4.55. The van der Waals surface area contributed by atoms with E-state index in [0.29, 0.717) is 37.0 Å². The predicted molar refractivity (Wildman–Crippen MR) is 147 cm³/mol. The number of hydrogen-bond donors (Lipinski definition) is 4. The van der Waals surface area contributed by atoms with Gasteiger partial charge in [0.1, 0.15) is 12.4 Å². The lowest BCUT2D eigenvalue weighted by molar-refractivity contribution is -0.133. The summed E-state index contributed by atoms with van der Waals surface area (Å²) in [7, 11) is 5.70. The van der Waals surface area contributed by atoms with Gasteiger partial charge in [0.15, 0.2) is 0 Å². The van der Waals surface area contributed by atoms with Crippen LogP contribution in [-0.4, -0.2) is 52.9 Å². The zero-order chi connectivity index (χ0) is 27.8. The topological polar surface area (TPSA) is 123 Å². The molecule has 0 aliphatic heterocycles. The van der Waals surface area contributed by atoms with Crippen molar-refractivity contribution in [1.82, 2.24) is 10.6 Å². The molecular weight excluding hydrogens is 432 g/mol. The van der Waals surface area contributed by atoms with Crippen LogP contribution in [0.3, 0.4) is 0 Å². The summed E-state index contributed by atoms with van der Waals surface area (Å²) in [6, 6.07) is 7.54. The van der Waals surface area contributed by atoms with Gasteiger partial charge in [-0.1, -0.05) is 73.9 Å². The summed E-state index contributed by atoms with van der Waals surface area (Å²) in [5.74, 6) is 0.530. The van der Waals surface area contributed by atoms with Gasteiger partial charge in [-0.15, -0.1) is 0 Å². The molecule has 1 aromatic carbocycles. The van der Waals surface area contributed by atoms with Crippen molar-refractivity contribution >= 4 is 24.9 Å². The molecule has 0 fully saturated rings. The lowest BCUT2D eigenvalue weighted by Gasteiger charge is -2.13. The molecule has 0 radical (unpaired) electrons. The summed E-state index contributed by atoms with van der Waals surface area (Å²) in [5.41, 5.74) is 6.90. The number of amides is 1. The first kappa shape index (κ1) is 41.9. The molecule has 0 aliphatic rings. The summed E-state index contributed by atoms with van der Waals surface area (Å²) in [5, 5.41) is 8.28. The molecule has 0 saturated heterocycles. The number of rotatable bonds is 9. The van der Waals surface area contributed by atoms with Gasteiger partial charge in [0.2, 0.25) is 6.41 Å². The molecule has 0 bridgehead atoms. The fourth-order valence-electron chi connectivity index (χ4n) is 1.39. The standard InChI is InChI=1S/C10H12N2O3.C5H10O.C4H11N.C3H8.C2H7N.C2H6/c11-5-10(15-7-14)8-1-3-9(4-2-8)12-6-13;1-5(2)3-4-6;1-4(2)5-3;2*1-3-2;1-2/h1-4,6-7,10H,5,11H2,(H,12,13);4-5H,3H2,1-2H3;4-5H,1-3H3;3H2,1-2H3;3H,1-2H3;1-2H3. The number of hydrogen-bond acceptors (Lipinski definition) is 7. The van der Waals surface area contributed by atoms with Gasteiger partial charge in [0, 0.05) is 24.7 Å². The smallest absolute Gasteiger partial charge is 0.293 e. The van der Waals surface area contributed by atoms with Crippen molar-refractivity contribution in [1.29, 1.82) is 0 Å². The Labute approximate surface area is 209 Å². The van der Waals surface area contributed by atoms with Crippen molar-refractivity contribution in [2.75, 3.05) is 33.0 Å². The molecule has 5 N–H and O–H groups in total. The second kappa shape index (κ2) is 38.0. The summed E-state index contributed by atoms with van der Waals surface area (Å²) < 4.78 is 4.78. The Hall–Kier alpha value is -2.29. The first-order valence-electron chi connectivity index (χ1n) is 12.0. The van der Waals surface area contributed by atoms with E-state index in [-0.39, 0.29) is 6.54 Å². The van der Waals surface area contributed by atoms with Crippen LogP contribution in [-0.2, 0) is 19.1 Å². The van der Waals surface area contributed by atoms with Crippen molar-refractivity contribution < 1.29 is 19.1 Å². The van der Waals surface area contributed by atoms with Crippen molar-refractivity contribution in [3.8, 4) is 0 Å². The van der Waals surface area contributed by atoms with Gasteiger partial charge < -0.3 is 31.2 Å². The molecule has 202 valence electrons. The molecule has 1 atom stereocenters. The normalized spacial score (nSPS) is 9.35. The van der Waals surface area contributed by atoms with Gasteiger partial charge in [0.25, 0.3) is 6.47 Å². The molecule has 0 heterocycles. The minimum absolute atomic E-state index is 0.221. The maximum absolute atomic E-state index is 10.2. The number of carbonyl (C=O) groups excluding carboxylic acids is 3. The second-order valence-corrected chi connectivity index (χ2v) is 7.29. The Bertz CT molecular complexity index is 508. The van der Waals surface area contributed by atoms with E-state index in [1.165, 1.54) is 6.42 Å². The number of nitrogens with two attached hydrogens (primary N) is 1. The number of benzene rings is 1. The van der Waals surface area contributed by atoms with Gasteiger partial charge in [-0.3, -0.25) is 9.59 Å². The van der Waals surface area contributed by atoms with E-state index in [4.69, 9.17) is 10.5 Å². The number of anilines is 1. The van der Waals surface area contributed by atoms with Gasteiger partial charge in [-0.25, -0.2) is 0 Å². The highest BCUT2D eigenvalue weighted by Gasteiger charge is 2.09. The lowest BCUT2D eigenvalue weighted by atomic mass is 10.1. The molecule has 0 aromatic heterocycles. The second-order valence-electron chi connectivity index (χ2n) is 7.29. The summed E-state index contributed by atoms with van der Waals surface area (Å²) >= 11 is 0. The van der Waals surface area contributed by atoms with Crippen molar-refractivity contribution in [2.24, 2.45) is 11.7 Å². The number of nitrogens with one attached hydrogen (secondary N) is 3. The highest BCUT2D eigenvalue weighted by molar-refractivity contribution is 5.71. The molecule has 0 saturated carbocycles. The maximum atomic E-state index is 10.2. The van der Waals surface area contributed by atoms with Crippen LogP contribution < -0.4 is 21.7 Å². The molecular formula is C26H54N4O4. The Balaban J connectivity index is -0.000000122. The Kier molecular flexibility index (Phi) is 46.8. The SMILES string of the molecule is CC.CC(C)CC=O.CCC.CNC.CNC(C)C.NCC(OC=O)c1ccc(NC=O)cc1. The van der Waals surface area contributed by atoms with E-state index >= 15 is 0 Å². The van der Waals surface area contributed by atoms with Gasteiger partial charge in [0.05, 0.1) is 0 Å². The molecule has 8 nitrogen and oxygen atoms in total. The fourth-order valence-corrected chi connectivity index (χ4v) is 1.39. The highest BCUT2D eigenvalue weighted by atomic mass is 16.5. The van der Waals surface area contributed by atoms with Gasteiger partial charge in [-0.05, 0) is 44.8 Å². The van der Waals surface area contributed by atoms with Crippen molar-refractivity contribution in [2.45, 2.75) is 80.4 Å². The van der Waals surface area contributed by atoms with E-state index < -0.39 is 6.10 Å². The van der Waals surface area contributed by atoms with Crippen LogP contribution in [0.5, 0.6) is 0 Å². The minimum atomic E-state index is -0.437. The molecule has 8 heteroatoms. The van der Waals surface area contributed by atoms with E-state index in [1.807, 2.05) is 48.8 Å². The number of ether oxygens (including phenoxy) is 1. The third kappa shape index (κ3) is 40.1. The van der Waals surface area contributed by atoms with Crippen molar-refractivity contribution in [3.63, 3.8) is 0 Å². The van der Waals surface area contributed by atoms with Gasteiger partial charge in [-0.2, -0.15) is 0 Å². The first-order chi connectivity index (χ1) is 16.2. The molecule has 1 aromatic rings. The monoisotopic (exact) mass is 486 g/mol. The third-order valence-electron chi connectivity index (χ3n) is 3.09. The molecule has 1 rings (SSSR count). The minimum Gasteiger partial charge on any atom is -0.458 e. The van der Waals surface area contributed by atoms with Crippen LogP contribution in [0.2, 0.25) is 0 Å². The first-order valence-corrected chi connectivity index (χ1v) is 12.0. The van der Waals surface area contributed by atoms with Crippen LogP contribution >= 0.6 is 0 Å². The van der Waals surface area contributed by atoms with E-state index in [9.17, 15) is 14.4 Å². The summed E-state index contributed by atoms with van der Waals surface area (Å²) in [6.07, 6.45) is 3.05. The maximum Gasteiger partial charge on any atom is 0.293 e. The Morgan fingerprint density at radius 1 is 0.941 bits per heavy atom. The van der Waals surface area contributed by atoms with Crippen LogP contribution in [0.4, 0.5) is 5.69 Å². The van der Waals surface area contributed by atoms with Crippen LogP contribution in [0.25, 0.3) is 0 Å². The van der Waals surface area contributed by atoms with E-state index in [1.54, 1.807) is 24.3 Å². The Morgan fingerprint density at radius 3 is 1.56 bits per heavy atom. The average Bonchev–Trinajstić information content (AvgIpc) is 2.81. The quantitative estimate of drug-likeness (QED) is 0.378. The van der Waals surface area contributed by atoms with Crippen LogP contribution in [0.1, 0.15) is 79.9 Å². The lowest BCUT2D eigenvalue weighted by Crippen LogP contribution is -2.15. The molecule has 1 unspecified atom stereocenters. The Morgan fingerprint density at radius 2 is 1.35 bits per heavy atom. The van der Waals surface area contributed by atoms with Crippen LogP contribution in [0, 0.1) is 5.92 Å². The summed E-state index contributed by atoms with van der Waals surface area (Å²) in [4.78, 5) is 29.9. The van der Waals surface area contributed by atoms with Crippen LogP contribution in [0.15, 0.2) is 24.3 Å². The fraction of sp³-hybridized carbons (Fsp3) is 0.654. The zero-order valence-corrected chi connectivity index (χ0v) is 23.6. The third-order valence-corrected chi connectivity index (χ3v) is 3.09. The largest absolute Gasteiger partial charge is 0.458 e. The number of carbonyl (C=O) groups is 3. The van der Waals surface area contributed by atoms with Crippen molar-refractivity contribution in [3.05, 3.63) is 29.8 Å². The highest BCUT2D eigenvalue weighted by Crippen LogP contribution is 2.17. The molecule has 0 aliphatic carbocycles. The molecule has 1 amide bonds. The zero-order valence-electron chi connectivity index (χ0n) is 23.6. The van der Waals surface area contributed by atoms with Gasteiger partial charge >= 0.3 is 0 Å². The summed E-state index contributed by atoms with van der Waals surface area (Å²) in [6.45, 7) is 17.1. The number of aldehydes is 1. The average molecular weight is 487 g/mol. The molecule has 0 spiro atoms. The van der Waals surface area contributed by atoms with E-state index in [0.717, 1.165) is 11.8 Å².